The summed E-state index contributed by atoms with van der Waals surface area (Å²) in [5.41, 5.74) is 5.43. The fourth-order valence-electron chi connectivity index (χ4n) is 1.50. The number of Topliss-reactive ketones (excluding diaryl/α,β-unsaturated/α-hetero) is 1. The third-order valence-electron chi connectivity index (χ3n) is 2.36. The first-order valence-corrected chi connectivity index (χ1v) is 4.69. The molecule has 0 amide bonds. The number of pyridine rings is 1. The molecule has 0 bridgehead atoms. The van der Waals surface area contributed by atoms with E-state index in [1.54, 1.807) is 0 Å². The first-order valence-electron chi connectivity index (χ1n) is 4.69. The number of hydrogen-bond donors (Lipinski definition) is 1. The maximum atomic E-state index is 11.6. The molecule has 1 aliphatic rings. The molecular formula is C11H8N2O4. The minimum absolute atomic E-state index is 0.0266. The van der Waals surface area contributed by atoms with Crippen molar-refractivity contribution in [2.45, 2.75) is 0 Å². The van der Waals surface area contributed by atoms with E-state index in [-0.39, 0.29) is 22.5 Å². The van der Waals surface area contributed by atoms with Gasteiger partial charge in [0.1, 0.15) is 5.69 Å². The number of methoxy groups -OCH3 is 1. The number of nitrogens with zero attached hydrogens (tertiary/aromatic N) is 1. The van der Waals surface area contributed by atoms with Crippen LogP contribution in [0.25, 0.3) is 0 Å². The molecule has 0 unspecified atom stereocenters. The van der Waals surface area contributed by atoms with Gasteiger partial charge in [-0.1, -0.05) is 0 Å². The number of carbonyl (C=O) groups excluding carboxylic acids is 3. The molecule has 0 saturated carbocycles. The molecule has 6 nitrogen and oxygen atoms in total. The number of fused-ring (bicyclic) bond motifs is 1. The van der Waals surface area contributed by atoms with Crippen LogP contribution in [0.3, 0.4) is 0 Å². The topological polar surface area (TPSA) is 99.3 Å². The SMILES string of the molecule is COC(=O)c1cc2c(cn1)C(=O)C(N)=CC2=O. The smallest absolute Gasteiger partial charge is 0.356 e. The van der Waals surface area contributed by atoms with Crippen LogP contribution in [-0.4, -0.2) is 29.6 Å². The summed E-state index contributed by atoms with van der Waals surface area (Å²) in [4.78, 5) is 38.2. The lowest BCUT2D eigenvalue weighted by Crippen LogP contribution is -2.23. The predicted octanol–water partition coefficient (Wildman–Crippen LogP) is 0.0898. The predicted molar refractivity (Wildman–Crippen MR) is 56.5 cm³/mol. The average Bonchev–Trinajstić information content (AvgIpc) is 2.34. The Morgan fingerprint density at radius 1 is 1.35 bits per heavy atom. The highest BCUT2D eigenvalue weighted by atomic mass is 16.5. The first kappa shape index (κ1) is 11.0. The van der Waals surface area contributed by atoms with E-state index in [0.717, 1.165) is 12.3 Å². The Bertz CT molecular complexity index is 575. The quantitative estimate of drug-likeness (QED) is 0.689. The van der Waals surface area contributed by atoms with Crippen LogP contribution >= 0.6 is 0 Å². The molecule has 0 spiro atoms. The summed E-state index contributed by atoms with van der Waals surface area (Å²) in [7, 11) is 1.20. The fourth-order valence-corrected chi connectivity index (χ4v) is 1.50. The van der Waals surface area contributed by atoms with Gasteiger partial charge in [0.15, 0.2) is 5.78 Å². The number of esters is 1. The van der Waals surface area contributed by atoms with Crippen LogP contribution < -0.4 is 5.73 Å². The molecule has 17 heavy (non-hydrogen) atoms. The zero-order chi connectivity index (χ0) is 12.6. The Morgan fingerprint density at radius 3 is 2.71 bits per heavy atom. The van der Waals surface area contributed by atoms with Gasteiger partial charge in [-0.15, -0.1) is 0 Å². The van der Waals surface area contributed by atoms with Gasteiger partial charge in [-0.25, -0.2) is 9.78 Å². The van der Waals surface area contributed by atoms with Gasteiger partial charge in [0.25, 0.3) is 0 Å². The Kier molecular flexibility index (Phi) is 2.47. The molecule has 0 aliphatic heterocycles. The second-order valence-corrected chi connectivity index (χ2v) is 3.40. The Morgan fingerprint density at radius 2 is 2.06 bits per heavy atom. The summed E-state index contributed by atoms with van der Waals surface area (Å²) in [5, 5.41) is 0. The second kappa shape index (κ2) is 3.82. The number of aromatic nitrogens is 1. The van der Waals surface area contributed by atoms with Gasteiger partial charge >= 0.3 is 5.97 Å². The monoisotopic (exact) mass is 232 g/mol. The molecule has 86 valence electrons. The van der Waals surface area contributed by atoms with Crippen LogP contribution in [0.15, 0.2) is 24.0 Å². The standard InChI is InChI=1S/C11H8N2O4/c1-17-11(16)8-2-5-6(4-13-8)10(15)7(12)3-9(5)14/h2-4H,12H2,1H3. The highest BCUT2D eigenvalue weighted by Gasteiger charge is 2.25. The molecule has 0 radical (unpaired) electrons. The Labute approximate surface area is 96.1 Å². The van der Waals surface area contributed by atoms with Crippen molar-refractivity contribution in [1.82, 2.24) is 4.98 Å². The van der Waals surface area contributed by atoms with Crippen LogP contribution in [0, 0.1) is 0 Å². The molecule has 1 heterocycles. The van der Waals surface area contributed by atoms with E-state index in [4.69, 9.17) is 5.73 Å². The number of hydrogen-bond acceptors (Lipinski definition) is 6. The Balaban J connectivity index is 2.57. The summed E-state index contributed by atoms with van der Waals surface area (Å²) in [6.45, 7) is 0. The van der Waals surface area contributed by atoms with E-state index in [0.29, 0.717) is 0 Å². The van der Waals surface area contributed by atoms with E-state index >= 15 is 0 Å². The van der Waals surface area contributed by atoms with Crippen LogP contribution in [0.4, 0.5) is 0 Å². The minimum atomic E-state index is -0.671. The first-order chi connectivity index (χ1) is 8.04. The van der Waals surface area contributed by atoms with Crippen molar-refractivity contribution in [2.75, 3.05) is 7.11 Å². The van der Waals surface area contributed by atoms with Gasteiger partial charge < -0.3 is 10.5 Å². The normalized spacial score (nSPS) is 14.1. The maximum absolute atomic E-state index is 11.6. The highest BCUT2D eigenvalue weighted by molar-refractivity contribution is 6.24. The molecule has 0 aromatic carbocycles. The zero-order valence-electron chi connectivity index (χ0n) is 8.89. The summed E-state index contributed by atoms with van der Waals surface area (Å²) in [6, 6.07) is 1.23. The van der Waals surface area contributed by atoms with Crippen molar-refractivity contribution in [2.24, 2.45) is 5.73 Å². The molecule has 0 fully saturated rings. The maximum Gasteiger partial charge on any atom is 0.356 e. The third kappa shape index (κ3) is 1.69. The molecule has 0 saturated heterocycles. The molecule has 6 heteroatoms. The molecule has 2 N–H and O–H groups in total. The van der Waals surface area contributed by atoms with Crippen molar-refractivity contribution in [1.29, 1.82) is 0 Å². The summed E-state index contributed by atoms with van der Waals surface area (Å²) in [5.74, 6) is -1.57. The van der Waals surface area contributed by atoms with Gasteiger partial charge in [-0.3, -0.25) is 9.59 Å². The molecule has 2 rings (SSSR count). The molecule has 1 aromatic heterocycles. The lowest BCUT2D eigenvalue weighted by Gasteiger charge is -2.12. The van der Waals surface area contributed by atoms with Crippen LogP contribution in [-0.2, 0) is 4.74 Å². The number of ether oxygens (including phenoxy) is 1. The average molecular weight is 232 g/mol. The molecule has 0 atom stereocenters. The van der Waals surface area contributed by atoms with E-state index in [1.165, 1.54) is 13.2 Å². The molecule has 1 aromatic rings. The fraction of sp³-hybridized carbons (Fsp3) is 0.0909. The van der Waals surface area contributed by atoms with Crippen LogP contribution in [0.5, 0.6) is 0 Å². The van der Waals surface area contributed by atoms with Gasteiger partial charge in [-0.2, -0.15) is 0 Å². The lowest BCUT2D eigenvalue weighted by molar-refractivity contribution is 0.0593. The number of nitrogens with two attached hydrogens (primary N) is 1. The van der Waals surface area contributed by atoms with Gasteiger partial charge in [0.2, 0.25) is 5.78 Å². The third-order valence-corrected chi connectivity index (χ3v) is 2.36. The summed E-state index contributed by atoms with van der Waals surface area (Å²) in [6.07, 6.45) is 2.19. The van der Waals surface area contributed by atoms with Gasteiger partial charge in [-0.05, 0) is 6.07 Å². The van der Waals surface area contributed by atoms with Gasteiger partial charge in [0.05, 0.1) is 18.4 Å². The van der Waals surface area contributed by atoms with Gasteiger partial charge in [0, 0.05) is 17.8 Å². The van der Waals surface area contributed by atoms with Crippen molar-refractivity contribution in [3.05, 3.63) is 40.9 Å². The highest BCUT2D eigenvalue weighted by Crippen LogP contribution is 2.19. The number of allylic oxidation sites excluding steroid dienone is 2. The van der Waals surface area contributed by atoms with Crippen LogP contribution in [0.2, 0.25) is 0 Å². The van der Waals surface area contributed by atoms with Crippen LogP contribution in [0.1, 0.15) is 31.2 Å². The molecular weight excluding hydrogens is 224 g/mol. The van der Waals surface area contributed by atoms with Crippen molar-refractivity contribution < 1.29 is 19.1 Å². The summed E-state index contributed by atoms with van der Waals surface area (Å²) >= 11 is 0. The Hall–Kier alpha value is -2.50. The molecule has 1 aliphatic carbocycles. The summed E-state index contributed by atoms with van der Waals surface area (Å²) < 4.78 is 4.47. The van der Waals surface area contributed by atoms with E-state index in [9.17, 15) is 14.4 Å². The minimum Gasteiger partial charge on any atom is -0.464 e. The second-order valence-electron chi connectivity index (χ2n) is 3.40. The number of rotatable bonds is 1. The number of ketones is 2. The van der Waals surface area contributed by atoms with Crippen molar-refractivity contribution >= 4 is 17.5 Å². The zero-order valence-corrected chi connectivity index (χ0v) is 8.89. The van der Waals surface area contributed by atoms with Crippen molar-refractivity contribution in [3.8, 4) is 0 Å². The van der Waals surface area contributed by atoms with Crippen molar-refractivity contribution in [3.63, 3.8) is 0 Å². The van der Waals surface area contributed by atoms with E-state index < -0.39 is 17.5 Å². The van der Waals surface area contributed by atoms with E-state index in [1.807, 2.05) is 0 Å². The van der Waals surface area contributed by atoms with E-state index in [2.05, 4.69) is 9.72 Å². The number of carbonyl (C=O) groups is 3. The lowest BCUT2D eigenvalue weighted by atomic mass is 9.94. The largest absolute Gasteiger partial charge is 0.464 e.